The van der Waals surface area contributed by atoms with Crippen LogP contribution in [0.3, 0.4) is 0 Å². The van der Waals surface area contributed by atoms with Crippen molar-refractivity contribution in [3.8, 4) is 0 Å². The van der Waals surface area contributed by atoms with Crippen molar-refractivity contribution in [2.75, 3.05) is 13.2 Å². The Morgan fingerprint density at radius 3 is 2.61 bits per heavy atom. The minimum Gasteiger partial charge on any atom is -0.462 e. The number of allylic oxidation sites excluding steroid dienone is 2. The lowest BCUT2D eigenvalue weighted by Gasteiger charge is -2.13. The highest BCUT2D eigenvalue weighted by molar-refractivity contribution is 5.86. The van der Waals surface area contributed by atoms with Gasteiger partial charge in [-0.15, -0.1) is 0 Å². The van der Waals surface area contributed by atoms with E-state index in [0.717, 1.165) is 19.4 Å². The van der Waals surface area contributed by atoms with Crippen LogP contribution in [-0.4, -0.2) is 24.0 Å². The standard InChI is InChI=1S/C8H14O2.C7H9N/c1-4-5-6-10-8(9)7(2)3;1-2-8-6-4-3-5-7-8/h2,4-6H2,1,3H3;2-6H,1,7H2. The monoisotopic (exact) mass is 249 g/mol. The van der Waals surface area contributed by atoms with Crippen molar-refractivity contribution >= 4 is 5.97 Å². The zero-order valence-corrected chi connectivity index (χ0v) is 11.4. The Morgan fingerprint density at radius 1 is 1.50 bits per heavy atom. The van der Waals surface area contributed by atoms with Crippen LogP contribution in [0.2, 0.25) is 0 Å². The van der Waals surface area contributed by atoms with Crippen LogP contribution < -0.4 is 0 Å². The summed E-state index contributed by atoms with van der Waals surface area (Å²) < 4.78 is 4.81. The van der Waals surface area contributed by atoms with Gasteiger partial charge in [-0.1, -0.05) is 38.7 Å². The second-order valence-corrected chi connectivity index (χ2v) is 3.92. The number of esters is 1. The Labute approximate surface area is 110 Å². The molecule has 1 aliphatic heterocycles. The van der Waals surface area contributed by atoms with Gasteiger partial charge in [-0.05, 0) is 25.6 Å². The average molecular weight is 249 g/mol. The molecule has 0 aliphatic carbocycles. The number of hydrogen-bond acceptors (Lipinski definition) is 3. The fourth-order valence-electron chi connectivity index (χ4n) is 1.05. The van der Waals surface area contributed by atoms with Gasteiger partial charge in [0.1, 0.15) is 0 Å². The topological polar surface area (TPSA) is 29.5 Å². The summed E-state index contributed by atoms with van der Waals surface area (Å²) in [6, 6.07) is 0. The van der Waals surface area contributed by atoms with E-state index in [1.807, 2.05) is 23.3 Å². The van der Waals surface area contributed by atoms with Crippen molar-refractivity contribution in [3.63, 3.8) is 0 Å². The molecule has 0 saturated heterocycles. The lowest BCUT2D eigenvalue weighted by atomic mass is 10.3. The molecule has 100 valence electrons. The highest BCUT2D eigenvalue weighted by Crippen LogP contribution is 1.96. The molecule has 0 unspecified atom stereocenters. The van der Waals surface area contributed by atoms with Crippen LogP contribution in [0, 0.1) is 0 Å². The SMILES string of the molecule is C=C(C)C(=O)OCCCC.C=CN1C=CC=CC1. The maximum atomic E-state index is 10.7. The van der Waals surface area contributed by atoms with Crippen molar-refractivity contribution in [2.45, 2.75) is 26.7 Å². The van der Waals surface area contributed by atoms with E-state index in [0.29, 0.717) is 12.2 Å². The van der Waals surface area contributed by atoms with Gasteiger partial charge in [0.05, 0.1) is 6.61 Å². The van der Waals surface area contributed by atoms with E-state index in [2.05, 4.69) is 26.2 Å². The number of rotatable bonds is 5. The van der Waals surface area contributed by atoms with Crippen molar-refractivity contribution in [1.82, 2.24) is 4.90 Å². The van der Waals surface area contributed by atoms with Crippen LogP contribution in [0.4, 0.5) is 0 Å². The van der Waals surface area contributed by atoms with Crippen LogP contribution >= 0.6 is 0 Å². The highest BCUT2D eigenvalue weighted by atomic mass is 16.5. The molecule has 0 amide bonds. The molecule has 0 saturated carbocycles. The number of hydrogen-bond donors (Lipinski definition) is 0. The number of ether oxygens (including phenoxy) is 1. The molecule has 1 aliphatic rings. The Morgan fingerprint density at radius 2 is 2.22 bits per heavy atom. The third-order valence-corrected chi connectivity index (χ3v) is 2.15. The van der Waals surface area contributed by atoms with E-state index in [9.17, 15) is 4.79 Å². The molecule has 1 rings (SSSR count). The van der Waals surface area contributed by atoms with Gasteiger partial charge in [-0.25, -0.2) is 4.79 Å². The van der Waals surface area contributed by atoms with Gasteiger partial charge in [0.2, 0.25) is 0 Å². The van der Waals surface area contributed by atoms with Gasteiger partial charge in [-0.3, -0.25) is 0 Å². The Balaban J connectivity index is 0.000000327. The maximum Gasteiger partial charge on any atom is 0.333 e. The predicted molar refractivity (Wildman–Crippen MR) is 75.9 cm³/mol. The van der Waals surface area contributed by atoms with Crippen LogP contribution in [0.15, 0.2) is 49.4 Å². The summed E-state index contributed by atoms with van der Waals surface area (Å²) in [7, 11) is 0. The second kappa shape index (κ2) is 10.4. The van der Waals surface area contributed by atoms with Crippen LogP contribution in [-0.2, 0) is 9.53 Å². The zero-order chi connectivity index (χ0) is 13.8. The Kier molecular flexibility index (Phi) is 9.37. The lowest BCUT2D eigenvalue weighted by Crippen LogP contribution is -2.09. The Hall–Kier alpha value is -1.77. The smallest absolute Gasteiger partial charge is 0.333 e. The number of nitrogens with zero attached hydrogens (tertiary/aromatic N) is 1. The van der Waals surface area contributed by atoms with Crippen LogP contribution in [0.5, 0.6) is 0 Å². The van der Waals surface area contributed by atoms with E-state index < -0.39 is 0 Å². The molecule has 0 spiro atoms. The van der Waals surface area contributed by atoms with Crippen molar-refractivity contribution in [3.05, 3.63) is 49.4 Å². The van der Waals surface area contributed by atoms with E-state index >= 15 is 0 Å². The summed E-state index contributed by atoms with van der Waals surface area (Å²) in [6.45, 7) is 12.3. The molecule has 0 N–H and O–H groups in total. The second-order valence-electron chi connectivity index (χ2n) is 3.92. The van der Waals surface area contributed by atoms with E-state index in [-0.39, 0.29) is 5.97 Å². The highest BCUT2D eigenvalue weighted by Gasteiger charge is 2.00. The normalized spacial score (nSPS) is 12.4. The fourth-order valence-corrected chi connectivity index (χ4v) is 1.05. The van der Waals surface area contributed by atoms with Gasteiger partial charge < -0.3 is 9.64 Å². The predicted octanol–water partition coefficient (Wildman–Crippen LogP) is 3.42. The molecule has 3 heteroatoms. The van der Waals surface area contributed by atoms with Crippen LogP contribution in [0.1, 0.15) is 26.7 Å². The average Bonchev–Trinajstić information content (AvgIpc) is 2.40. The van der Waals surface area contributed by atoms with Gasteiger partial charge in [0.15, 0.2) is 0 Å². The number of carbonyl (C=O) groups is 1. The van der Waals surface area contributed by atoms with Crippen molar-refractivity contribution < 1.29 is 9.53 Å². The molecule has 0 radical (unpaired) electrons. The molecule has 1 heterocycles. The summed E-state index contributed by atoms with van der Waals surface area (Å²) in [6.07, 6.45) is 11.9. The molecular formula is C15H23NO2. The van der Waals surface area contributed by atoms with E-state index in [1.54, 1.807) is 13.1 Å². The molecule has 0 fully saturated rings. The maximum absolute atomic E-state index is 10.7. The molecule has 3 nitrogen and oxygen atoms in total. The molecule has 0 aromatic heterocycles. The van der Waals surface area contributed by atoms with Crippen molar-refractivity contribution in [2.24, 2.45) is 0 Å². The first kappa shape index (κ1) is 16.2. The molecule has 0 bridgehead atoms. The first-order valence-corrected chi connectivity index (χ1v) is 6.16. The van der Waals surface area contributed by atoms with E-state index in [1.165, 1.54) is 0 Å². The lowest BCUT2D eigenvalue weighted by molar-refractivity contribution is -0.139. The molecule has 18 heavy (non-hydrogen) atoms. The summed E-state index contributed by atoms with van der Waals surface area (Å²) >= 11 is 0. The number of unbranched alkanes of at least 4 members (excludes halogenated alkanes) is 1. The van der Waals surface area contributed by atoms with Gasteiger partial charge >= 0.3 is 5.97 Å². The Bertz CT molecular complexity index is 329. The molecular weight excluding hydrogens is 226 g/mol. The molecule has 0 aromatic rings. The summed E-state index contributed by atoms with van der Waals surface area (Å²) in [5.74, 6) is -0.284. The molecule has 0 aromatic carbocycles. The van der Waals surface area contributed by atoms with Crippen molar-refractivity contribution in [1.29, 1.82) is 0 Å². The zero-order valence-electron chi connectivity index (χ0n) is 11.4. The summed E-state index contributed by atoms with van der Waals surface area (Å²) in [5, 5.41) is 0. The number of carbonyl (C=O) groups excluding carboxylic acids is 1. The van der Waals surface area contributed by atoms with Crippen LogP contribution in [0.25, 0.3) is 0 Å². The minimum absolute atomic E-state index is 0.284. The first-order valence-electron chi connectivity index (χ1n) is 6.16. The summed E-state index contributed by atoms with van der Waals surface area (Å²) in [4.78, 5) is 12.7. The van der Waals surface area contributed by atoms with Gasteiger partial charge in [0.25, 0.3) is 0 Å². The van der Waals surface area contributed by atoms with Gasteiger partial charge in [-0.2, -0.15) is 0 Å². The third-order valence-electron chi connectivity index (χ3n) is 2.15. The fraction of sp³-hybridized carbons (Fsp3) is 0.400. The largest absolute Gasteiger partial charge is 0.462 e. The third kappa shape index (κ3) is 8.39. The molecule has 0 atom stereocenters. The van der Waals surface area contributed by atoms with E-state index in [4.69, 9.17) is 4.74 Å². The summed E-state index contributed by atoms with van der Waals surface area (Å²) in [5.41, 5.74) is 0.469. The minimum atomic E-state index is -0.284. The quantitative estimate of drug-likeness (QED) is 0.425. The van der Waals surface area contributed by atoms with Gasteiger partial charge in [0, 0.05) is 18.3 Å². The first-order chi connectivity index (χ1) is 8.61.